The van der Waals surface area contributed by atoms with Gasteiger partial charge in [0.1, 0.15) is 12.1 Å². The van der Waals surface area contributed by atoms with Crippen LogP contribution in [0.3, 0.4) is 0 Å². The average Bonchev–Trinajstić information content (AvgIpc) is 2.95. The number of carbonyl (C=O) groups is 4. The number of carbonyl (C=O) groups excluding carboxylic acids is 3. The summed E-state index contributed by atoms with van der Waals surface area (Å²) >= 11 is 6.04. The fourth-order valence-electron chi connectivity index (χ4n) is 4.31. The van der Waals surface area contributed by atoms with Crippen molar-refractivity contribution in [3.05, 3.63) is 58.6 Å². The highest BCUT2D eigenvalue weighted by Gasteiger charge is 2.32. The van der Waals surface area contributed by atoms with Crippen LogP contribution in [0.1, 0.15) is 68.8 Å². The number of aliphatic carboxylic acids is 1. The molecule has 39 heavy (non-hydrogen) atoms. The number of nitrogens with zero attached hydrogens (tertiary/aromatic N) is 2. The molecule has 1 aliphatic rings. The van der Waals surface area contributed by atoms with E-state index in [1.54, 1.807) is 36.4 Å². The van der Waals surface area contributed by atoms with E-state index in [2.05, 4.69) is 5.32 Å². The van der Waals surface area contributed by atoms with Crippen molar-refractivity contribution in [1.29, 1.82) is 0 Å². The van der Waals surface area contributed by atoms with Gasteiger partial charge in [0.05, 0.1) is 17.7 Å². The molecule has 3 amide bonds. The lowest BCUT2D eigenvalue weighted by Crippen LogP contribution is -2.38. The van der Waals surface area contributed by atoms with Crippen molar-refractivity contribution in [2.45, 2.75) is 64.9 Å². The zero-order chi connectivity index (χ0) is 28.6. The molecule has 0 bridgehead atoms. The highest BCUT2D eigenvalue weighted by atomic mass is 35.5. The Morgan fingerprint density at radius 3 is 2.38 bits per heavy atom. The van der Waals surface area contributed by atoms with Crippen molar-refractivity contribution < 1.29 is 29.0 Å². The van der Waals surface area contributed by atoms with Crippen LogP contribution in [0.4, 0.5) is 16.2 Å². The van der Waals surface area contributed by atoms with E-state index < -0.39 is 17.7 Å². The number of halogens is 1. The van der Waals surface area contributed by atoms with Crippen LogP contribution in [-0.2, 0) is 20.7 Å². The Labute approximate surface area is 234 Å². The Morgan fingerprint density at radius 1 is 1.03 bits per heavy atom. The smallest absolute Gasteiger partial charge is 0.407 e. The number of aryl methyl sites for hydroxylation is 1. The van der Waals surface area contributed by atoms with E-state index in [1.807, 2.05) is 26.8 Å². The molecule has 2 aromatic carbocycles. The highest BCUT2D eigenvalue weighted by Crippen LogP contribution is 2.34. The second-order valence-electron chi connectivity index (χ2n) is 10.5. The van der Waals surface area contributed by atoms with E-state index >= 15 is 0 Å². The molecule has 0 saturated heterocycles. The quantitative estimate of drug-likeness (QED) is 0.349. The molecule has 1 heterocycles. The Morgan fingerprint density at radius 2 is 1.72 bits per heavy atom. The molecule has 0 fully saturated rings. The summed E-state index contributed by atoms with van der Waals surface area (Å²) in [5.74, 6) is -1.74. The van der Waals surface area contributed by atoms with Gasteiger partial charge in [-0.25, -0.2) is 4.79 Å². The lowest BCUT2D eigenvalue weighted by molar-refractivity contribution is -0.137. The number of hydrogen-bond acceptors (Lipinski definition) is 5. The molecule has 0 spiro atoms. The molecule has 2 N–H and O–H groups in total. The number of unbranched alkanes of at least 4 members (excludes halogenated alkanes) is 3. The van der Waals surface area contributed by atoms with Crippen molar-refractivity contribution in [2.75, 3.05) is 24.5 Å². The second kappa shape index (κ2) is 13.5. The predicted molar refractivity (Wildman–Crippen MR) is 150 cm³/mol. The van der Waals surface area contributed by atoms with E-state index in [-0.39, 0.29) is 31.3 Å². The number of fused-ring (bicyclic) bond motifs is 1. The van der Waals surface area contributed by atoms with Crippen molar-refractivity contribution in [1.82, 2.24) is 10.2 Å². The van der Waals surface area contributed by atoms with Crippen LogP contribution >= 0.6 is 11.6 Å². The van der Waals surface area contributed by atoms with Gasteiger partial charge in [0.25, 0.3) is 11.8 Å². The third kappa shape index (κ3) is 8.99. The zero-order valence-electron chi connectivity index (χ0n) is 22.7. The number of carboxylic acids is 1. The standard InChI is InChI=1S/C29H36ClN3O6/c1-29(2,3)39-28(38)31-16-7-5-4-6-8-20-9-14-24-23(18-20)27(37)32(17-15-26(35)36)19-25(34)33(24)22-12-10-21(30)11-13-22/h9-14,18H,4-8,15-17,19H2,1-3H3,(H,31,38)(H,35,36). The third-order valence-corrected chi connectivity index (χ3v) is 6.39. The number of amides is 3. The van der Waals surface area contributed by atoms with E-state index in [1.165, 1.54) is 9.80 Å². The molecule has 10 heteroatoms. The minimum Gasteiger partial charge on any atom is -0.481 e. The predicted octanol–water partition coefficient (Wildman–Crippen LogP) is 5.56. The number of carboxylic acid groups (broad SMARTS) is 1. The van der Waals surface area contributed by atoms with Gasteiger partial charge in [-0.3, -0.25) is 19.3 Å². The molecule has 2 aromatic rings. The maximum atomic E-state index is 13.5. The lowest BCUT2D eigenvalue weighted by atomic mass is 10.0. The summed E-state index contributed by atoms with van der Waals surface area (Å²) in [6.07, 6.45) is 3.67. The first kappa shape index (κ1) is 30.0. The average molecular weight is 558 g/mol. The van der Waals surface area contributed by atoms with Gasteiger partial charge in [-0.15, -0.1) is 0 Å². The van der Waals surface area contributed by atoms with E-state index in [9.17, 15) is 19.2 Å². The monoisotopic (exact) mass is 557 g/mol. The molecule has 0 saturated carbocycles. The summed E-state index contributed by atoms with van der Waals surface area (Å²) in [6.45, 7) is 5.73. The van der Waals surface area contributed by atoms with Crippen LogP contribution in [0.2, 0.25) is 5.02 Å². The highest BCUT2D eigenvalue weighted by molar-refractivity contribution is 6.30. The van der Waals surface area contributed by atoms with Crippen molar-refractivity contribution in [2.24, 2.45) is 0 Å². The van der Waals surface area contributed by atoms with Crippen molar-refractivity contribution in [3.8, 4) is 0 Å². The molecular formula is C29H36ClN3O6. The molecule has 9 nitrogen and oxygen atoms in total. The van der Waals surface area contributed by atoms with Crippen LogP contribution in [-0.4, -0.2) is 59.1 Å². The Kier molecular flexibility index (Phi) is 10.3. The summed E-state index contributed by atoms with van der Waals surface area (Å²) in [5.41, 5.74) is 1.83. The number of ether oxygens (including phenoxy) is 1. The number of anilines is 2. The largest absolute Gasteiger partial charge is 0.481 e. The normalized spacial score (nSPS) is 13.6. The minimum atomic E-state index is -1.04. The van der Waals surface area contributed by atoms with Gasteiger partial charge in [-0.2, -0.15) is 0 Å². The van der Waals surface area contributed by atoms with Crippen LogP contribution in [0.25, 0.3) is 0 Å². The number of benzene rings is 2. The number of hydrogen-bond donors (Lipinski definition) is 2. The van der Waals surface area contributed by atoms with Gasteiger partial charge in [0.15, 0.2) is 0 Å². The fraction of sp³-hybridized carbons (Fsp3) is 0.448. The maximum Gasteiger partial charge on any atom is 0.407 e. The topological polar surface area (TPSA) is 116 Å². The summed E-state index contributed by atoms with van der Waals surface area (Å²) in [7, 11) is 0. The second-order valence-corrected chi connectivity index (χ2v) is 11.0. The van der Waals surface area contributed by atoms with Gasteiger partial charge >= 0.3 is 12.1 Å². The van der Waals surface area contributed by atoms with Gasteiger partial charge < -0.3 is 20.1 Å². The van der Waals surface area contributed by atoms with Gasteiger partial charge in [0.2, 0.25) is 0 Å². The number of nitrogens with one attached hydrogen (secondary N) is 1. The van der Waals surface area contributed by atoms with Crippen LogP contribution < -0.4 is 10.2 Å². The van der Waals surface area contributed by atoms with E-state index in [0.717, 1.165) is 37.7 Å². The maximum absolute atomic E-state index is 13.5. The van der Waals surface area contributed by atoms with E-state index in [0.29, 0.717) is 28.5 Å². The molecule has 210 valence electrons. The van der Waals surface area contributed by atoms with Crippen LogP contribution in [0.15, 0.2) is 42.5 Å². The summed E-state index contributed by atoms with van der Waals surface area (Å²) in [6, 6.07) is 12.3. The minimum absolute atomic E-state index is 0.0602. The lowest BCUT2D eigenvalue weighted by Gasteiger charge is -2.23. The Balaban J connectivity index is 1.67. The first-order chi connectivity index (χ1) is 18.4. The fourth-order valence-corrected chi connectivity index (χ4v) is 4.44. The number of rotatable bonds is 11. The first-order valence-electron chi connectivity index (χ1n) is 13.1. The molecule has 0 aromatic heterocycles. The van der Waals surface area contributed by atoms with Crippen molar-refractivity contribution in [3.63, 3.8) is 0 Å². The summed E-state index contributed by atoms with van der Waals surface area (Å²) < 4.78 is 5.23. The van der Waals surface area contributed by atoms with Gasteiger partial charge in [-0.05, 0) is 82.0 Å². The molecular weight excluding hydrogens is 522 g/mol. The Hall–Kier alpha value is -3.59. The zero-order valence-corrected chi connectivity index (χ0v) is 23.4. The Bertz CT molecular complexity index is 1190. The van der Waals surface area contributed by atoms with Crippen LogP contribution in [0, 0.1) is 0 Å². The molecule has 3 rings (SSSR count). The van der Waals surface area contributed by atoms with Crippen molar-refractivity contribution >= 4 is 46.9 Å². The van der Waals surface area contributed by atoms with Gasteiger partial charge in [-0.1, -0.05) is 30.5 Å². The summed E-state index contributed by atoms with van der Waals surface area (Å²) in [5, 5.41) is 12.4. The van der Waals surface area contributed by atoms with Crippen LogP contribution in [0.5, 0.6) is 0 Å². The first-order valence-corrected chi connectivity index (χ1v) is 13.5. The summed E-state index contributed by atoms with van der Waals surface area (Å²) in [4.78, 5) is 52.4. The number of alkyl carbamates (subject to hydrolysis) is 1. The molecule has 1 aliphatic heterocycles. The molecule has 0 unspecified atom stereocenters. The molecule has 0 radical (unpaired) electrons. The third-order valence-electron chi connectivity index (χ3n) is 6.14. The molecule has 0 aliphatic carbocycles. The SMILES string of the molecule is CC(C)(C)OC(=O)NCCCCCCc1ccc2c(c1)C(=O)N(CCC(=O)O)CC(=O)N2c1ccc(Cl)cc1. The van der Waals surface area contributed by atoms with E-state index in [4.69, 9.17) is 21.4 Å². The molecule has 0 atom stereocenters. The van der Waals surface area contributed by atoms with Gasteiger partial charge in [0, 0.05) is 23.8 Å².